The molecule has 2 aliphatic carbocycles. The Bertz CT molecular complexity index is 309. The van der Waals surface area contributed by atoms with Crippen LogP contribution >= 0.6 is 0 Å². The van der Waals surface area contributed by atoms with Crippen molar-refractivity contribution in [3.05, 3.63) is 35.5 Å². The third kappa shape index (κ3) is 1.48. The molecule has 0 N–H and O–H groups in total. The summed E-state index contributed by atoms with van der Waals surface area (Å²) in [6.07, 6.45) is 9.44. The Hall–Kier alpha value is -0.850. The molecule has 1 saturated carbocycles. The molecule has 0 aromatic carbocycles. The number of alkyl halides is 1. The standard InChI is InChI=1S/C12H15F/c1-3-9(2)7-10-5-4-6-12(13)8-11(10)12/h4-7,11H,3,8H2,1-2H3/b9-7+. The van der Waals surface area contributed by atoms with Gasteiger partial charge in [-0.2, -0.15) is 0 Å². The quantitative estimate of drug-likeness (QED) is 0.606. The molecule has 0 radical (unpaired) electrons. The van der Waals surface area contributed by atoms with Gasteiger partial charge in [-0.05, 0) is 31.4 Å². The lowest BCUT2D eigenvalue weighted by molar-refractivity contribution is 0.359. The number of hydrogen-bond donors (Lipinski definition) is 0. The van der Waals surface area contributed by atoms with Crippen LogP contribution in [0.5, 0.6) is 0 Å². The van der Waals surface area contributed by atoms with Crippen LogP contribution in [0, 0.1) is 5.92 Å². The Kier molecular flexibility index (Phi) is 1.90. The molecular formula is C12H15F. The van der Waals surface area contributed by atoms with Crippen molar-refractivity contribution in [3.8, 4) is 0 Å². The predicted octanol–water partition coefficient (Wildman–Crippen LogP) is 3.57. The summed E-state index contributed by atoms with van der Waals surface area (Å²) in [6, 6.07) is 0. The van der Waals surface area contributed by atoms with Crippen molar-refractivity contribution in [1.82, 2.24) is 0 Å². The first-order valence-corrected chi connectivity index (χ1v) is 4.91. The van der Waals surface area contributed by atoms with E-state index in [0.717, 1.165) is 6.42 Å². The molecule has 0 aliphatic heterocycles. The summed E-state index contributed by atoms with van der Waals surface area (Å²) in [7, 11) is 0. The first kappa shape index (κ1) is 8.74. The monoisotopic (exact) mass is 178 g/mol. The highest BCUT2D eigenvalue weighted by Gasteiger charge is 2.55. The van der Waals surface area contributed by atoms with E-state index in [1.54, 1.807) is 6.08 Å². The van der Waals surface area contributed by atoms with Gasteiger partial charge in [0.1, 0.15) is 5.67 Å². The van der Waals surface area contributed by atoms with Crippen molar-refractivity contribution >= 4 is 0 Å². The van der Waals surface area contributed by atoms with Gasteiger partial charge in [-0.15, -0.1) is 0 Å². The highest BCUT2D eigenvalue weighted by molar-refractivity contribution is 5.43. The van der Waals surface area contributed by atoms with Crippen molar-refractivity contribution in [2.45, 2.75) is 32.4 Å². The van der Waals surface area contributed by atoms with Gasteiger partial charge in [-0.25, -0.2) is 4.39 Å². The minimum atomic E-state index is -0.991. The molecule has 70 valence electrons. The van der Waals surface area contributed by atoms with Gasteiger partial charge in [0.25, 0.3) is 0 Å². The molecule has 0 bridgehead atoms. The van der Waals surface area contributed by atoms with Crippen LogP contribution in [-0.4, -0.2) is 5.67 Å². The smallest absolute Gasteiger partial charge is 0.137 e. The second kappa shape index (κ2) is 2.83. The largest absolute Gasteiger partial charge is 0.239 e. The maximum atomic E-state index is 13.6. The molecule has 2 aliphatic rings. The number of allylic oxidation sites excluding steroid dienone is 6. The summed E-state index contributed by atoms with van der Waals surface area (Å²) >= 11 is 0. The average Bonchev–Trinajstić information content (AvgIpc) is 2.78. The van der Waals surface area contributed by atoms with Gasteiger partial charge < -0.3 is 0 Å². The fourth-order valence-electron chi connectivity index (χ4n) is 1.80. The van der Waals surface area contributed by atoms with Gasteiger partial charge in [0.2, 0.25) is 0 Å². The molecule has 0 saturated heterocycles. The molecule has 1 fully saturated rings. The molecule has 0 spiro atoms. The lowest BCUT2D eigenvalue weighted by atomic mass is 10.0. The van der Waals surface area contributed by atoms with E-state index < -0.39 is 5.67 Å². The summed E-state index contributed by atoms with van der Waals surface area (Å²) in [6.45, 7) is 4.22. The zero-order valence-corrected chi connectivity index (χ0v) is 8.18. The predicted molar refractivity (Wildman–Crippen MR) is 53.2 cm³/mol. The summed E-state index contributed by atoms with van der Waals surface area (Å²) in [5, 5.41) is 0. The van der Waals surface area contributed by atoms with Crippen LogP contribution in [0.4, 0.5) is 4.39 Å². The van der Waals surface area contributed by atoms with Crippen LogP contribution < -0.4 is 0 Å². The molecular weight excluding hydrogens is 163 g/mol. The molecule has 2 atom stereocenters. The Morgan fingerprint density at radius 2 is 2.54 bits per heavy atom. The van der Waals surface area contributed by atoms with E-state index >= 15 is 0 Å². The summed E-state index contributed by atoms with van der Waals surface area (Å²) in [5.74, 6) is 0.152. The van der Waals surface area contributed by atoms with Crippen molar-refractivity contribution in [2.75, 3.05) is 0 Å². The Morgan fingerprint density at radius 1 is 1.77 bits per heavy atom. The molecule has 0 aromatic heterocycles. The van der Waals surface area contributed by atoms with E-state index in [4.69, 9.17) is 0 Å². The van der Waals surface area contributed by atoms with E-state index in [-0.39, 0.29) is 5.92 Å². The fourth-order valence-corrected chi connectivity index (χ4v) is 1.80. The summed E-state index contributed by atoms with van der Waals surface area (Å²) in [4.78, 5) is 0. The second-order valence-electron chi connectivity index (χ2n) is 4.05. The average molecular weight is 178 g/mol. The summed E-state index contributed by atoms with van der Waals surface area (Å²) < 4.78 is 13.6. The number of halogens is 1. The van der Waals surface area contributed by atoms with Crippen LogP contribution in [-0.2, 0) is 0 Å². The Balaban J connectivity index is 2.18. The fraction of sp³-hybridized carbons (Fsp3) is 0.500. The number of hydrogen-bond acceptors (Lipinski definition) is 0. The van der Waals surface area contributed by atoms with E-state index in [9.17, 15) is 4.39 Å². The van der Waals surface area contributed by atoms with Crippen molar-refractivity contribution in [1.29, 1.82) is 0 Å². The Morgan fingerprint density at radius 3 is 3.23 bits per heavy atom. The van der Waals surface area contributed by atoms with Gasteiger partial charge in [-0.3, -0.25) is 0 Å². The zero-order valence-electron chi connectivity index (χ0n) is 8.18. The molecule has 2 rings (SSSR count). The first-order chi connectivity index (χ1) is 6.15. The van der Waals surface area contributed by atoms with Crippen molar-refractivity contribution < 1.29 is 4.39 Å². The van der Waals surface area contributed by atoms with Crippen molar-refractivity contribution in [3.63, 3.8) is 0 Å². The van der Waals surface area contributed by atoms with E-state index in [2.05, 4.69) is 19.9 Å². The third-order valence-electron chi connectivity index (χ3n) is 2.97. The normalized spacial score (nSPS) is 37.0. The van der Waals surface area contributed by atoms with Crippen LogP contribution in [0.3, 0.4) is 0 Å². The van der Waals surface area contributed by atoms with Crippen LogP contribution in [0.2, 0.25) is 0 Å². The molecule has 0 heterocycles. The topological polar surface area (TPSA) is 0 Å². The number of rotatable bonds is 2. The lowest BCUT2D eigenvalue weighted by Crippen LogP contribution is -2.03. The molecule has 1 heteroatoms. The zero-order chi connectivity index (χ0) is 9.47. The molecule has 0 aromatic rings. The Labute approximate surface area is 78.8 Å². The first-order valence-electron chi connectivity index (χ1n) is 4.91. The van der Waals surface area contributed by atoms with Crippen molar-refractivity contribution in [2.24, 2.45) is 5.92 Å². The molecule has 13 heavy (non-hydrogen) atoms. The third-order valence-corrected chi connectivity index (χ3v) is 2.97. The number of fused-ring (bicyclic) bond motifs is 1. The van der Waals surface area contributed by atoms with Crippen LogP contribution in [0.25, 0.3) is 0 Å². The van der Waals surface area contributed by atoms with Crippen LogP contribution in [0.1, 0.15) is 26.7 Å². The van der Waals surface area contributed by atoms with Gasteiger partial charge in [0.05, 0.1) is 0 Å². The minimum absolute atomic E-state index is 0.152. The minimum Gasteiger partial charge on any atom is -0.239 e. The summed E-state index contributed by atoms with van der Waals surface area (Å²) in [5.41, 5.74) is 1.51. The highest BCUT2D eigenvalue weighted by Crippen LogP contribution is 2.55. The highest BCUT2D eigenvalue weighted by atomic mass is 19.1. The van der Waals surface area contributed by atoms with E-state index in [0.29, 0.717) is 6.42 Å². The maximum Gasteiger partial charge on any atom is 0.137 e. The molecule has 0 nitrogen and oxygen atoms in total. The van der Waals surface area contributed by atoms with Gasteiger partial charge in [0.15, 0.2) is 0 Å². The molecule has 0 amide bonds. The SMILES string of the molecule is CC/C(C)=C/C1=CC=CC2(F)CC12. The van der Waals surface area contributed by atoms with E-state index in [1.807, 2.05) is 12.2 Å². The van der Waals surface area contributed by atoms with Gasteiger partial charge >= 0.3 is 0 Å². The maximum absolute atomic E-state index is 13.6. The van der Waals surface area contributed by atoms with Gasteiger partial charge in [0, 0.05) is 5.92 Å². The second-order valence-corrected chi connectivity index (χ2v) is 4.05. The van der Waals surface area contributed by atoms with Gasteiger partial charge in [-0.1, -0.05) is 30.7 Å². The molecule has 2 unspecified atom stereocenters. The van der Waals surface area contributed by atoms with Crippen LogP contribution in [0.15, 0.2) is 35.5 Å². The lowest BCUT2D eigenvalue weighted by Gasteiger charge is -2.08. The van der Waals surface area contributed by atoms with E-state index in [1.165, 1.54) is 11.1 Å².